The number of aliphatic imine (C=N–C) groups is 1. The summed E-state index contributed by atoms with van der Waals surface area (Å²) in [6.07, 6.45) is 6.19. The SMILES string of the molecule is CN=C(NCC(c1ccc(C)cc1)N1CCCC1)N1CCN(c2ncccn2)CC1. The third-order valence-corrected chi connectivity index (χ3v) is 6.12. The summed E-state index contributed by atoms with van der Waals surface area (Å²) < 4.78 is 0. The number of anilines is 1. The van der Waals surface area contributed by atoms with Gasteiger partial charge in [-0.05, 0) is 44.5 Å². The number of hydrogen-bond acceptors (Lipinski definition) is 5. The van der Waals surface area contributed by atoms with Crippen molar-refractivity contribution in [1.82, 2.24) is 25.1 Å². The van der Waals surface area contributed by atoms with Crippen molar-refractivity contribution in [1.29, 1.82) is 0 Å². The molecule has 7 nitrogen and oxygen atoms in total. The van der Waals surface area contributed by atoms with Crippen molar-refractivity contribution in [2.75, 3.05) is 57.8 Å². The quantitative estimate of drug-likeness (QED) is 0.606. The van der Waals surface area contributed by atoms with Gasteiger partial charge < -0.3 is 15.1 Å². The summed E-state index contributed by atoms with van der Waals surface area (Å²) in [6.45, 7) is 9.00. The standard InChI is InChI=1S/C23H33N7/c1-19-6-8-20(9-7-19)21(28-12-3-4-13-28)18-27-22(24-2)29-14-16-30(17-15-29)23-25-10-5-11-26-23/h5-11,21H,3-4,12-18H2,1-2H3,(H,24,27). The molecule has 2 saturated heterocycles. The summed E-state index contributed by atoms with van der Waals surface area (Å²) in [4.78, 5) is 20.5. The molecule has 0 bridgehead atoms. The van der Waals surface area contributed by atoms with Gasteiger partial charge in [-0.25, -0.2) is 9.97 Å². The predicted octanol–water partition coefficient (Wildman–Crippen LogP) is 2.32. The van der Waals surface area contributed by atoms with Crippen LogP contribution in [0.15, 0.2) is 47.7 Å². The maximum absolute atomic E-state index is 4.58. The van der Waals surface area contributed by atoms with Crippen LogP contribution in [0.5, 0.6) is 0 Å². The number of piperazine rings is 1. The highest BCUT2D eigenvalue weighted by atomic mass is 15.4. The smallest absolute Gasteiger partial charge is 0.225 e. The average molecular weight is 408 g/mol. The second-order valence-electron chi connectivity index (χ2n) is 8.12. The maximum Gasteiger partial charge on any atom is 0.225 e. The van der Waals surface area contributed by atoms with Crippen LogP contribution < -0.4 is 10.2 Å². The molecule has 0 saturated carbocycles. The van der Waals surface area contributed by atoms with Crippen molar-refractivity contribution in [3.8, 4) is 0 Å². The van der Waals surface area contributed by atoms with Crippen LogP contribution >= 0.6 is 0 Å². The molecule has 0 aliphatic carbocycles. The first-order valence-corrected chi connectivity index (χ1v) is 11.0. The minimum absolute atomic E-state index is 0.379. The Morgan fingerprint density at radius 1 is 1.00 bits per heavy atom. The van der Waals surface area contributed by atoms with Crippen molar-refractivity contribution >= 4 is 11.9 Å². The van der Waals surface area contributed by atoms with Crippen LogP contribution in [0, 0.1) is 6.92 Å². The van der Waals surface area contributed by atoms with Crippen LogP contribution in [0.4, 0.5) is 5.95 Å². The molecule has 7 heteroatoms. The minimum Gasteiger partial charge on any atom is -0.354 e. The van der Waals surface area contributed by atoms with Gasteiger partial charge in [0.25, 0.3) is 0 Å². The first-order valence-electron chi connectivity index (χ1n) is 11.0. The zero-order valence-electron chi connectivity index (χ0n) is 18.2. The molecular formula is C23H33N7. The monoisotopic (exact) mass is 407 g/mol. The van der Waals surface area contributed by atoms with Gasteiger partial charge in [0.05, 0.1) is 6.04 Å². The van der Waals surface area contributed by atoms with Crippen molar-refractivity contribution < 1.29 is 0 Å². The summed E-state index contributed by atoms with van der Waals surface area (Å²) in [5.74, 6) is 1.80. The second-order valence-corrected chi connectivity index (χ2v) is 8.12. The largest absolute Gasteiger partial charge is 0.354 e. The Morgan fingerprint density at radius 3 is 2.30 bits per heavy atom. The predicted molar refractivity (Wildman–Crippen MR) is 122 cm³/mol. The van der Waals surface area contributed by atoms with E-state index in [1.165, 1.54) is 37.1 Å². The number of rotatable bonds is 5. The van der Waals surface area contributed by atoms with Gasteiger partial charge in [0.15, 0.2) is 5.96 Å². The summed E-state index contributed by atoms with van der Waals surface area (Å²) in [6, 6.07) is 11.2. The lowest BCUT2D eigenvalue weighted by Crippen LogP contribution is -2.53. The lowest BCUT2D eigenvalue weighted by atomic mass is 10.0. The Bertz CT molecular complexity index is 807. The van der Waals surface area contributed by atoms with Gasteiger partial charge in [-0.2, -0.15) is 0 Å². The van der Waals surface area contributed by atoms with Crippen LogP contribution in [-0.4, -0.2) is 78.6 Å². The van der Waals surface area contributed by atoms with Gasteiger partial charge in [-0.15, -0.1) is 0 Å². The maximum atomic E-state index is 4.58. The zero-order chi connectivity index (χ0) is 20.8. The topological polar surface area (TPSA) is 59.9 Å². The van der Waals surface area contributed by atoms with E-state index in [1.807, 2.05) is 13.1 Å². The summed E-state index contributed by atoms with van der Waals surface area (Å²) in [5, 5.41) is 3.67. The molecule has 0 radical (unpaired) electrons. The summed E-state index contributed by atoms with van der Waals surface area (Å²) in [5.41, 5.74) is 2.69. The molecule has 1 aromatic heterocycles. The lowest BCUT2D eigenvalue weighted by Gasteiger charge is -2.37. The molecule has 2 aromatic rings. The molecule has 2 aliphatic rings. The molecule has 1 aromatic carbocycles. The van der Waals surface area contributed by atoms with E-state index in [0.717, 1.165) is 44.6 Å². The number of nitrogens with zero attached hydrogens (tertiary/aromatic N) is 6. The van der Waals surface area contributed by atoms with E-state index in [0.29, 0.717) is 6.04 Å². The van der Waals surface area contributed by atoms with Gasteiger partial charge in [-0.1, -0.05) is 29.8 Å². The van der Waals surface area contributed by atoms with Crippen molar-refractivity contribution in [2.45, 2.75) is 25.8 Å². The van der Waals surface area contributed by atoms with Crippen LogP contribution in [-0.2, 0) is 0 Å². The van der Waals surface area contributed by atoms with Crippen LogP contribution in [0.3, 0.4) is 0 Å². The molecule has 1 unspecified atom stereocenters. The molecule has 30 heavy (non-hydrogen) atoms. The summed E-state index contributed by atoms with van der Waals surface area (Å²) in [7, 11) is 1.88. The number of benzene rings is 1. The van der Waals surface area contributed by atoms with Crippen molar-refractivity contribution in [2.24, 2.45) is 4.99 Å². The second kappa shape index (κ2) is 9.89. The Hall–Kier alpha value is -2.67. The van der Waals surface area contributed by atoms with E-state index in [2.05, 4.69) is 66.2 Å². The third-order valence-electron chi connectivity index (χ3n) is 6.12. The molecule has 2 aliphatic heterocycles. The number of nitrogens with one attached hydrogen (secondary N) is 1. The highest BCUT2D eigenvalue weighted by Crippen LogP contribution is 2.25. The van der Waals surface area contributed by atoms with Crippen LogP contribution in [0.2, 0.25) is 0 Å². The van der Waals surface area contributed by atoms with Gasteiger partial charge in [0.1, 0.15) is 0 Å². The highest BCUT2D eigenvalue weighted by molar-refractivity contribution is 5.80. The first-order chi connectivity index (χ1) is 14.7. The Balaban J connectivity index is 1.37. The van der Waals surface area contributed by atoms with Gasteiger partial charge in [0.2, 0.25) is 5.95 Å². The Kier molecular flexibility index (Phi) is 6.79. The van der Waals surface area contributed by atoms with Crippen LogP contribution in [0.1, 0.15) is 30.0 Å². The normalized spacial score (nSPS) is 19.2. The fraction of sp³-hybridized carbons (Fsp3) is 0.522. The first kappa shape index (κ1) is 20.6. The molecule has 0 spiro atoms. The van der Waals surface area contributed by atoms with Crippen LogP contribution in [0.25, 0.3) is 0 Å². The molecule has 2 fully saturated rings. The number of guanidine groups is 1. The summed E-state index contributed by atoms with van der Waals surface area (Å²) >= 11 is 0. The third kappa shape index (κ3) is 4.90. The Labute approximate surface area is 179 Å². The number of aromatic nitrogens is 2. The molecule has 4 rings (SSSR count). The fourth-order valence-corrected chi connectivity index (χ4v) is 4.39. The molecule has 0 amide bonds. The number of hydrogen-bond donors (Lipinski definition) is 1. The van der Waals surface area contributed by atoms with Gasteiger partial charge >= 0.3 is 0 Å². The lowest BCUT2D eigenvalue weighted by molar-refractivity contribution is 0.242. The van der Waals surface area contributed by atoms with E-state index >= 15 is 0 Å². The molecule has 1 N–H and O–H groups in total. The minimum atomic E-state index is 0.379. The van der Waals surface area contributed by atoms with Crippen molar-refractivity contribution in [3.05, 3.63) is 53.9 Å². The molecular weight excluding hydrogens is 374 g/mol. The molecule has 3 heterocycles. The number of likely N-dealkylation sites (tertiary alicyclic amines) is 1. The zero-order valence-corrected chi connectivity index (χ0v) is 18.2. The fourth-order valence-electron chi connectivity index (χ4n) is 4.39. The van der Waals surface area contributed by atoms with E-state index in [9.17, 15) is 0 Å². The van der Waals surface area contributed by atoms with Gasteiger partial charge in [0, 0.05) is 52.2 Å². The number of aryl methyl sites for hydroxylation is 1. The average Bonchev–Trinajstić information content (AvgIpc) is 3.33. The molecule has 160 valence electrons. The Morgan fingerprint density at radius 2 is 1.67 bits per heavy atom. The van der Waals surface area contributed by atoms with E-state index in [4.69, 9.17) is 0 Å². The molecule has 1 atom stereocenters. The van der Waals surface area contributed by atoms with E-state index in [1.54, 1.807) is 12.4 Å². The highest BCUT2D eigenvalue weighted by Gasteiger charge is 2.25. The van der Waals surface area contributed by atoms with E-state index in [-0.39, 0.29) is 0 Å². The van der Waals surface area contributed by atoms with E-state index < -0.39 is 0 Å². The van der Waals surface area contributed by atoms with Crippen molar-refractivity contribution in [3.63, 3.8) is 0 Å². The van der Waals surface area contributed by atoms with Gasteiger partial charge in [-0.3, -0.25) is 9.89 Å².